The first-order valence-corrected chi connectivity index (χ1v) is 5.97. The zero-order valence-corrected chi connectivity index (χ0v) is 8.87. The first-order chi connectivity index (χ1) is 6.88. The van der Waals surface area contributed by atoms with Gasteiger partial charge in [-0.15, -0.1) is 0 Å². The van der Waals surface area contributed by atoms with Crippen molar-refractivity contribution in [3.05, 3.63) is 35.4 Å². The van der Waals surface area contributed by atoms with Crippen molar-refractivity contribution in [3.8, 4) is 0 Å². The Balaban J connectivity index is 2.06. The van der Waals surface area contributed by atoms with E-state index in [1.54, 1.807) is 11.1 Å². The summed E-state index contributed by atoms with van der Waals surface area (Å²) in [6.45, 7) is 0. The van der Waals surface area contributed by atoms with Crippen LogP contribution in [0.5, 0.6) is 0 Å². The fourth-order valence-electron chi connectivity index (χ4n) is 3.64. The maximum absolute atomic E-state index is 2.43. The molecule has 0 heterocycles. The van der Waals surface area contributed by atoms with E-state index < -0.39 is 0 Å². The van der Waals surface area contributed by atoms with Gasteiger partial charge in [-0.1, -0.05) is 0 Å². The second kappa shape index (κ2) is 3.44. The van der Waals surface area contributed by atoms with Gasteiger partial charge in [0.25, 0.3) is 0 Å². The molecular formula is C13H15Li. The van der Waals surface area contributed by atoms with Crippen LogP contribution < -0.4 is 0 Å². The van der Waals surface area contributed by atoms with Gasteiger partial charge < -0.3 is 0 Å². The van der Waals surface area contributed by atoms with Gasteiger partial charge in [-0.3, -0.25) is 0 Å². The van der Waals surface area contributed by atoms with Gasteiger partial charge in [-0.25, -0.2) is 0 Å². The van der Waals surface area contributed by atoms with E-state index in [0.717, 1.165) is 16.4 Å². The molecule has 1 saturated carbocycles. The molecule has 3 unspecified atom stereocenters. The molecule has 0 aliphatic heterocycles. The summed E-state index contributed by atoms with van der Waals surface area (Å²) in [5.74, 6) is 1.86. The SMILES string of the molecule is [Li][CH]1c2ccccc2C2CCCCC12. The quantitative estimate of drug-likeness (QED) is 0.535. The summed E-state index contributed by atoms with van der Waals surface area (Å²) < 4.78 is 0.816. The van der Waals surface area contributed by atoms with Crippen LogP contribution >= 0.6 is 0 Å². The van der Waals surface area contributed by atoms with E-state index in [4.69, 9.17) is 0 Å². The van der Waals surface area contributed by atoms with Crippen molar-refractivity contribution in [2.45, 2.75) is 36.2 Å². The van der Waals surface area contributed by atoms with Gasteiger partial charge in [0, 0.05) is 0 Å². The Hall–Kier alpha value is -0.183. The Bertz CT molecular complexity index is 345. The molecule has 3 atom stereocenters. The third kappa shape index (κ3) is 1.21. The van der Waals surface area contributed by atoms with Crippen molar-refractivity contribution in [3.63, 3.8) is 0 Å². The van der Waals surface area contributed by atoms with Crippen LogP contribution in [0.4, 0.5) is 0 Å². The van der Waals surface area contributed by atoms with Crippen molar-refractivity contribution in [1.29, 1.82) is 0 Å². The Kier molecular flexibility index (Phi) is 2.23. The number of rotatable bonds is 0. The minimum absolute atomic E-state index is 0.816. The second-order valence-electron chi connectivity index (χ2n) is 4.97. The van der Waals surface area contributed by atoms with E-state index in [2.05, 4.69) is 42.0 Å². The van der Waals surface area contributed by atoms with Gasteiger partial charge in [0.2, 0.25) is 0 Å². The molecule has 0 amide bonds. The van der Waals surface area contributed by atoms with Gasteiger partial charge in [0.05, 0.1) is 0 Å². The van der Waals surface area contributed by atoms with Crippen LogP contribution in [0.15, 0.2) is 24.3 Å². The summed E-state index contributed by atoms with van der Waals surface area (Å²) in [7, 11) is 0. The molecule has 0 bridgehead atoms. The Morgan fingerprint density at radius 3 is 2.57 bits per heavy atom. The first-order valence-electron chi connectivity index (χ1n) is 5.97. The molecule has 1 aromatic carbocycles. The van der Waals surface area contributed by atoms with E-state index in [9.17, 15) is 0 Å². The Labute approximate surface area is 95.3 Å². The molecule has 0 radical (unpaired) electrons. The van der Waals surface area contributed by atoms with Gasteiger partial charge >= 0.3 is 95.2 Å². The van der Waals surface area contributed by atoms with Crippen molar-refractivity contribution < 1.29 is 0 Å². The molecule has 0 aromatic heterocycles. The standard InChI is InChI=1S/C13H15.Li/c1-3-7-12-10(5-1)9-11-6-2-4-8-13(11)12;/h1,3,5,7,9,11,13H,2,4,6,8H2;. The third-order valence-electron chi connectivity index (χ3n) is 4.35. The zero-order valence-electron chi connectivity index (χ0n) is 8.87. The molecule has 2 aliphatic rings. The first kappa shape index (κ1) is 9.07. The monoisotopic (exact) mass is 178 g/mol. The van der Waals surface area contributed by atoms with Crippen LogP contribution in [0.3, 0.4) is 0 Å². The van der Waals surface area contributed by atoms with Crippen molar-refractivity contribution in [1.82, 2.24) is 0 Å². The van der Waals surface area contributed by atoms with E-state index in [1.165, 1.54) is 25.7 Å². The maximum atomic E-state index is 2.43. The van der Waals surface area contributed by atoms with E-state index in [1.807, 2.05) is 0 Å². The molecule has 3 rings (SSSR count). The normalized spacial score (nSPS) is 35.1. The molecular weight excluding hydrogens is 163 g/mol. The third-order valence-corrected chi connectivity index (χ3v) is 4.35. The second-order valence-corrected chi connectivity index (χ2v) is 4.97. The topological polar surface area (TPSA) is 0 Å². The Morgan fingerprint density at radius 2 is 1.71 bits per heavy atom. The van der Waals surface area contributed by atoms with Gasteiger partial charge in [-0.2, -0.15) is 0 Å². The number of benzene rings is 1. The summed E-state index contributed by atoms with van der Waals surface area (Å²) in [5, 5.41) is 0. The summed E-state index contributed by atoms with van der Waals surface area (Å²) in [4.78, 5) is 0. The van der Waals surface area contributed by atoms with E-state index >= 15 is 0 Å². The van der Waals surface area contributed by atoms with Gasteiger partial charge in [0.15, 0.2) is 0 Å². The summed E-state index contributed by atoms with van der Waals surface area (Å²) in [6.07, 6.45) is 5.80. The van der Waals surface area contributed by atoms with Crippen LogP contribution in [-0.4, -0.2) is 17.7 Å². The predicted molar refractivity (Wildman–Crippen MR) is 59.6 cm³/mol. The van der Waals surface area contributed by atoms with Crippen LogP contribution in [0.2, 0.25) is 0 Å². The molecule has 1 heteroatoms. The Morgan fingerprint density at radius 1 is 1.00 bits per heavy atom. The van der Waals surface area contributed by atoms with E-state index in [-0.39, 0.29) is 0 Å². The fraction of sp³-hybridized carbons (Fsp3) is 0.538. The van der Waals surface area contributed by atoms with E-state index in [0.29, 0.717) is 0 Å². The summed E-state index contributed by atoms with van der Waals surface area (Å²) in [5.41, 5.74) is 3.31. The molecule has 0 saturated heterocycles. The average molecular weight is 178 g/mol. The number of fused-ring (bicyclic) bond motifs is 3. The zero-order chi connectivity index (χ0) is 9.54. The van der Waals surface area contributed by atoms with Crippen molar-refractivity contribution in [2.75, 3.05) is 0 Å². The van der Waals surface area contributed by atoms with Crippen LogP contribution in [0.1, 0.15) is 47.3 Å². The van der Waals surface area contributed by atoms with Crippen LogP contribution in [0.25, 0.3) is 0 Å². The molecule has 68 valence electrons. The minimum atomic E-state index is 0.816. The molecule has 1 fully saturated rings. The molecule has 0 nitrogen and oxygen atoms in total. The van der Waals surface area contributed by atoms with Gasteiger partial charge in [-0.05, 0) is 0 Å². The number of hydrogen-bond acceptors (Lipinski definition) is 0. The summed E-state index contributed by atoms with van der Waals surface area (Å²) in [6, 6.07) is 9.12. The number of hydrogen-bond donors (Lipinski definition) is 0. The molecule has 2 aliphatic carbocycles. The molecule has 0 spiro atoms. The molecule has 14 heavy (non-hydrogen) atoms. The summed E-state index contributed by atoms with van der Waals surface area (Å²) >= 11 is 2.43. The van der Waals surface area contributed by atoms with Crippen LogP contribution in [-0.2, 0) is 0 Å². The van der Waals surface area contributed by atoms with Gasteiger partial charge in [0.1, 0.15) is 0 Å². The van der Waals surface area contributed by atoms with Crippen LogP contribution in [0, 0.1) is 5.92 Å². The molecule has 0 N–H and O–H groups in total. The van der Waals surface area contributed by atoms with Crippen molar-refractivity contribution in [2.24, 2.45) is 5.92 Å². The predicted octanol–water partition coefficient (Wildman–Crippen LogP) is 3.18. The molecule has 1 aromatic rings. The fourth-order valence-corrected chi connectivity index (χ4v) is 3.64. The van der Waals surface area contributed by atoms with Crippen molar-refractivity contribution >= 4 is 17.7 Å². The average Bonchev–Trinajstić information content (AvgIpc) is 2.55.